The fourth-order valence-corrected chi connectivity index (χ4v) is 2.79. The van der Waals surface area contributed by atoms with Gasteiger partial charge in [-0.1, -0.05) is 60.7 Å². The molecule has 0 radical (unpaired) electrons. The van der Waals surface area contributed by atoms with Gasteiger partial charge in [-0.25, -0.2) is 0 Å². The zero-order valence-electron chi connectivity index (χ0n) is 14.7. The van der Waals surface area contributed by atoms with Crippen LogP contribution in [0.25, 0.3) is 12.2 Å². The second kappa shape index (κ2) is 7.70. The Balaban J connectivity index is 2.39. The zero-order chi connectivity index (χ0) is 19.4. The molecule has 1 aromatic heterocycles. The van der Waals surface area contributed by atoms with Gasteiger partial charge in [-0.3, -0.25) is 19.0 Å². The van der Waals surface area contributed by atoms with Crippen molar-refractivity contribution in [3.63, 3.8) is 0 Å². The highest BCUT2D eigenvalue weighted by Gasteiger charge is 2.11. The number of aromatic nitrogens is 2. The summed E-state index contributed by atoms with van der Waals surface area (Å²) < 4.78 is 2.26. The minimum atomic E-state index is -1.20. The van der Waals surface area contributed by atoms with Crippen LogP contribution in [0.1, 0.15) is 11.1 Å². The van der Waals surface area contributed by atoms with Crippen molar-refractivity contribution in [2.45, 2.75) is 6.54 Å². The summed E-state index contributed by atoms with van der Waals surface area (Å²) in [6, 6.07) is 18.1. The molecule has 0 saturated carbocycles. The van der Waals surface area contributed by atoms with E-state index in [9.17, 15) is 19.5 Å². The average Bonchev–Trinajstić information content (AvgIpc) is 2.67. The van der Waals surface area contributed by atoms with E-state index in [-0.39, 0.29) is 10.7 Å². The van der Waals surface area contributed by atoms with Crippen molar-refractivity contribution in [3.8, 4) is 0 Å². The van der Waals surface area contributed by atoms with Crippen LogP contribution in [-0.4, -0.2) is 20.2 Å². The number of rotatable bonds is 4. The normalized spacial score (nSPS) is 12.3. The van der Waals surface area contributed by atoms with Crippen LogP contribution in [-0.2, 0) is 18.4 Å². The summed E-state index contributed by atoms with van der Waals surface area (Å²) in [6.45, 7) is -0.594. The lowest BCUT2D eigenvalue weighted by molar-refractivity contribution is -0.137. The van der Waals surface area contributed by atoms with Gasteiger partial charge in [0.15, 0.2) is 0 Å². The molecule has 0 saturated heterocycles. The highest BCUT2D eigenvalue weighted by atomic mass is 16.4. The summed E-state index contributed by atoms with van der Waals surface area (Å²) in [5.74, 6) is -1.20. The first-order valence-electron chi connectivity index (χ1n) is 8.32. The number of aliphatic carboxylic acids is 1. The predicted octanol–water partition coefficient (Wildman–Crippen LogP) is 0.289. The molecular weight excluding hydrogens is 344 g/mol. The number of hydrogen-bond acceptors (Lipinski definition) is 3. The van der Waals surface area contributed by atoms with E-state index in [1.54, 1.807) is 42.5 Å². The van der Waals surface area contributed by atoms with E-state index in [2.05, 4.69) is 0 Å². The summed E-state index contributed by atoms with van der Waals surface area (Å²) in [5, 5.41) is 9.38. The molecule has 0 spiro atoms. The van der Waals surface area contributed by atoms with Crippen molar-refractivity contribution in [2.24, 2.45) is 7.05 Å². The first kappa shape index (κ1) is 18.1. The van der Waals surface area contributed by atoms with Crippen molar-refractivity contribution in [1.82, 2.24) is 9.13 Å². The Morgan fingerprint density at radius 3 is 1.81 bits per heavy atom. The highest BCUT2D eigenvalue weighted by Crippen LogP contribution is 1.98. The maximum Gasteiger partial charge on any atom is 0.323 e. The molecule has 0 amide bonds. The van der Waals surface area contributed by atoms with E-state index < -0.39 is 23.6 Å². The summed E-state index contributed by atoms with van der Waals surface area (Å²) >= 11 is 0. The molecule has 0 bridgehead atoms. The number of nitrogens with zero attached hydrogens (tertiary/aromatic N) is 2. The minimum Gasteiger partial charge on any atom is -0.480 e. The molecule has 27 heavy (non-hydrogen) atoms. The molecule has 0 aliphatic heterocycles. The fourth-order valence-electron chi connectivity index (χ4n) is 2.79. The molecule has 0 aliphatic rings. The Morgan fingerprint density at radius 2 is 1.33 bits per heavy atom. The van der Waals surface area contributed by atoms with E-state index in [0.717, 1.165) is 10.1 Å². The molecule has 6 nitrogen and oxygen atoms in total. The van der Waals surface area contributed by atoms with Crippen LogP contribution >= 0.6 is 0 Å². The van der Waals surface area contributed by atoms with Crippen molar-refractivity contribution < 1.29 is 9.90 Å². The van der Waals surface area contributed by atoms with Crippen molar-refractivity contribution in [1.29, 1.82) is 0 Å². The predicted molar refractivity (Wildman–Crippen MR) is 103 cm³/mol. The van der Waals surface area contributed by atoms with Crippen LogP contribution in [0.15, 0.2) is 70.3 Å². The summed E-state index contributed by atoms with van der Waals surface area (Å²) in [6.07, 6.45) is 3.10. The molecule has 136 valence electrons. The second-order valence-electron chi connectivity index (χ2n) is 6.03. The molecule has 0 aliphatic carbocycles. The lowest BCUT2D eigenvalue weighted by Gasteiger charge is -2.08. The first-order chi connectivity index (χ1) is 13.0. The smallest absolute Gasteiger partial charge is 0.323 e. The Kier molecular flexibility index (Phi) is 5.17. The van der Waals surface area contributed by atoms with Gasteiger partial charge < -0.3 is 9.67 Å². The topological polar surface area (TPSA) is 81.3 Å². The SMILES string of the molecule is Cn1c(=O)/c(=C/c2ccccc2)n(CC(=O)O)c(=O)/c1=C/c1ccccc1. The Hall–Kier alpha value is -3.67. The summed E-state index contributed by atoms with van der Waals surface area (Å²) in [5.41, 5.74) is 0.464. The number of carboxylic acid groups (broad SMARTS) is 1. The number of carbonyl (C=O) groups is 1. The largest absolute Gasteiger partial charge is 0.480 e. The van der Waals surface area contributed by atoms with Crippen LogP contribution in [0.3, 0.4) is 0 Å². The van der Waals surface area contributed by atoms with Crippen LogP contribution < -0.4 is 21.8 Å². The minimum absolute atomic E-state index is 0.0290. The maximum absolute atomic E-state index is 13.0. The molecule has 6 heteroatoms. The van der Waals surface area contributed by atoms with Gasteiger partial charge in [0.1, 0.15) is 17.2 Å². The Labute approximate surface area is 154 Å². The average molecular weight is 362 g/mol. The van der Waals surface area contributed by atoms with Crippen molar-refractivity contribution in [2.75, 3.05) is 0 Å². The van der Waals surface area contributed by atoms with Crippen LogP contribution in [0.2, 0.25) is 0 Å². The van der Waals surface area contributed by atoms with E-state index >= 15 is 0 Å². The molecule has 2 aromatic carbocycles. The Bertz CT molecular complexity index is 1210. The molecule has 3 aromatic rings. The number of carboxylic acids is 1. The quantitative estimate of drug-likeness (QED) is 0.723. The van der Waals surface area contributed by atoms with Crippen LogP contribution in [0.4, 0.5) is 0 Å². The van der Waals surface area contributed by atoms with Crippen LogP contribution in [0, 0.1) is 0 Å². The maximum atomic E-state index is 13.0. The third-order valence-electron chi connectivity index (χ3n) is 4.14. The molecule has 1 heterocycles. The molecule has 0 fully saturated rings. The van der Waals surface area contributed by atoms with Gasteiger partial charge in [-0.05, 0) is 23.3 Å². The van der Waals surface area contributed by atoms with Gasteiger partial charge in [-0.2, -0.15) is 0 Å². The molecule has 1 N–H and O–H groups in total. The zero-order valence-corrected chi connectivity index (χ0v) is 14.7. The molecule has 3 rings (SSSR count). The van der Waals surface area contributed by atoms with Crippen LogP contribution in [0.5, 0.6) is 0 Å². The van der Waals surface area contributed by atoms with E-state index in [4.69, 9.17) is 0 Å². The fraction of sp³-hybridized carbons (Fsp3) is 0.0952. The second-order valence-corrected chi connectivity index (χ2v) is 6.03. The molecular formula is C21H18N2O4. The third kappa shape index (κ3) is 3.95. The van der Waals surface area contributed by atoms with Crippen molar-refractivity contribution in [3.05, 3.63) is 103 Å². The summed E-state index contributed by atoms with van der Waals surface area (Å²) in [7, 11) is 1.51. The Morgan fingerprint density at radius 1 is 0.852 bits per heavy atom. The van der Waals surface area contributed by atoms with E-state index in [0.29, 0.717) is 5.56 Å². The van der Waals surface area contributed by atoms with Gasteiger partial charge in [0, 0.05) is 7.05 Å². The van der Waals surface area contributed by atoms with Gasteiger partial charge >= 0.3 is 5.97 Å². The number of hydrogen-bond donors (Lipinski definition) is 1. The van der Waals surface area contributed by atoms with Gasteiger partial charge in [0.05, 0.1) is 0 Å². The highest BCUT2D eigenvalue weighted by molar-refractivity contribution is 5.66. The van der Waals surface area contributed by atoms with Gasteiger partial charge in [0.25, 0.3) is 11.1 Å². The standard InChI is InChI=1S/C21H18N2O4/c1-22-17(12-15-8-4-2-5-9-15)21(27)23(14-19(24)25)18(20(22)26)13-16-10-6-3-7-11-16/h2-13H,14H2,1H3,(H,24,25)/b17-12-,18-13-. The van der Waals surface area contributed by atoms with Crippen molar-refractivity contribution >= 4 is 18.1 Å². The lowest BCUT2D eigenvalue weighted by atomic mass is 10.2. The van der Waals surface area contributed by atoms with Gasteiger partial charge in [0.2, 0.25) is 0 Å². The van der Waals surface area contributed by atoms with E-state index in [1.807, 2.05) is 24.3 Å². The molecule has 0 unspecified atom stereocenters. The van der Waals surface area contributed by atoms with E-state index in [1.165, 1.54) is 17.7 Å². The number of benzene rings is 2. The lowest BCUT2D eigenvalue weighted by Crippen LogP contribution is -2.58. The third-order valence-corrected chi connectivity index (χ3v) is 4.14. The first-order valence-corrected chi connectivity index (χ1v) is 8.32. The monoisotopic (exact) mass is 362 g/mol. The summed E-state index contributed by atoms with van der Waals surface area (Å²) in [4.78, 5) is 37.2. The molecule has 0 atom stereocenters. The van der Waals surface area contributed by atoms with Gasteiger partial charge in [-0.15, -0.1) is 0 Å².